The zero-order chi connectivity index (χ0) is 25.3. The second-order valence-electron chi connectivity index (χ2n) is 9.49. The number of anilines is 1. The first-order chi connectivity index (χ1) is 16.7. The molecule has 0 unspecified atom stereocenters. The molecule has 1 heterocycles. The average Bonchev–Trinajstić information content (AvgIpc) is 2.82. The summed E-state index contributed by atoms with van der Waals surface area (Å²) in [6.45, 7) is 7.85. The molecule has 0 aromatic heterocycles. The average molecular weight is 487 g/mol. The molecule has 0 saturated carbocycles. The van der Waals surface area contributed by atoms with E-state index in [4.69, 9.17) is 9.47 Å². The summed E-state index contributed by atoms with van der Waals surface area (Å²) >= 11 is 0. The van der Waals surface area contributed by atoms with E-state index in [0.717, 1.165) is 24.1 Å². The van der Waals surface area contributed by atoms with Crippen molar-refractivity contribution in [1.82, 2.24) is 15.5 Å². The van der Waals surface area contributed by atoms with E-state index in [0.29, 0.717) is 38.5 Å². The summed E-state index contributed by atoms with van der Waals surface area (Å²) in [5.41, 5.74) is 1.33. The number of ether oxygens (including phenoxy) is 2. The molecule has 0 radical (unpaired) electrons. The third-order valence-corrected chi connectivity index (χ3v) is 5.40. The minimum atomic E-state index is -0.526. The van der Waals surface area contributed by atoms with Gasteiger partial charge in [-0.2, -0.15) is 0 Å². The second-order valence-corrected chi connectivity index (χ2v) is 9.49. The number of halogens is 1. The summed E-state index contributed by atoms with van der Waals surface area (Å²) in [6.07, 6.45) is 1.23. The van der Waals surface area contributed by atoms with E-state index in [1.165, 1.54) is 12.1 Å². The maximum atomic E-state index is 13.0. The smallest absolute Gasteiger partial charge is 0.407 e. The summed E-state index contributed by atoms with van der Waals surface area (Å²) in [5, 5.41) is 9.07. The molecule has 2 aromatic rings. The van der Waals surface area contributed by atoms with Crippen LogP contribution < -0.4 is 20.7 Å². The number of hydrogen-bond acceptors (Lipinski definition) is 5. The molecular formula is C26H35FN4O4. The zero-order valence-corrected chi connectivity index (χ0v) is 20.6. The van der Waals surface area contributed by atoms with Crippen molar-refractivity contribution < 1.29 is 23.5 Å². The van der Waals surface area contributed by atoms with Gasteiger partial charge >= 0.3 is 12.1 Å². The fourth-order valence-corrected chi connectivity index (χ4v) is 3.64. The highest BCUT2D eigenvalue weighted by molar-refractivity contribution is 5.74. The molecule has 35 heavy (non-hydrogen) atoms. The highest BCUT2D eigenvalue weighted by Crippen LogP contribution is 2.20. The van der Waals surface area contributed by atoms with E-state index >= 15 is 0 Å². The molecule has 3 rings (SSSR count). The molecule has 1 aliphatic heterocycles. The molecule has 190 valence electrons. The number of nitrogens with one attached hydrogen (secondary N) is 3. The minimum absolute atomic E-state index is 0.101. The fraction of sp³-hybridized carbons (Fsp3) is 0.462. The number of nitrogens with zero attached hydrogens (tertiary/aromatic N) is 1. The number of likely N-dealkylation sites (tertiary alicyclic amines) is 1. The van der Waals surface area contributed by atoms with Gasteiger partial charge in [-0.15, -0.1) is 0 Å². The largest absolute Gasteiger partial charge is 0.492 e. The van der Waals surface area contributed by atoms with E-state index in [2.05, 4.69) is 16.0 Å². The van der Waals surface area contributed by atoms with Crippen molar-refractivity contribution in [2.45, 2.75) is 51.8 Å². The van der Waals surface area contributed by atoms with E-state index in [9.17, 15) is 14.0 Å². The number of urea groups is 1. The van der Waals surface area contributed by atoms with Crippen LogP contribution in [0.2, 0.25) is 0 Å². The molecule has 8 nitrogen and oxygen atoms in total. The van der Waals surface area contributed by atoms with Crippen molar-refractivity contribution in [2.24, 2.45) is 0 Å². The fourth-order valence-electron chi connectivity index (χ4n) is 3.64. The minimum Gasteiger partial charge on any atom is -0.492 e. The first kappa shape index (κ1) is 26.1. The highest BCUT2D eigenvalue weighted by atomic mass is 19.1. The third kappa shape index (κ3) is 9.35. The molecule has 3 N–H and O–H groups in total. The van der Waals surface area contributed by atoms with Gasteiger partial charge in [-0.3, -0.25) is 0 Å². The lowest BCUT2D eigenvalue weighted by Crippen LogP contribution is -2.46. The van der Waals surface area contributed by atoms with Crippen LogP contribution in [0.15, 0.2) is 48.5 Å². The lowest BCUT2D eigenvalue weighted by atomic mass is 10.0. The van der Waals surface area contributed by atoms with Crippen LogP contribution in [-0.4, -0.2) is 54.9 Å². The van der Waals surface area contributed by atoms with Crippen LogP contribution in [0.25, 0.3) is 0 Å². The Morgan fingerprint density at radius 1 is 1.00 bits per heavy atom. The number of hydrogen-bond donors (Lipinski definition) is 3. The SMILES string of the molecule is CC(C)(C)OC(=O)NCCOc1ccc(NC2CCN(C(=O)NCc3ccc(F)cc3)CC2)cc1. The van der Waals surface area contributed by atoms with Crippen molar-refractivity contribution in [3.05, 3.63) is 59.9 Å². The molecule has 1 saturated heterocycles. The summed E-state index contributed by atoms with van der Waals surface area (Å²) in [6, 6.07) is 14.0. The van der Waals surface area contributed by atoms with Crippen LogP contribution in [0, 0.1) is 5.82 Å². The molecule has 0 atom stereocenters. The van der Waals surface area contributed by atoms with Crippen LogP contribution in [-0.2, 0) is 11.3 Å². The standard InChI is InChI=1S/C26H35FN4O4/c1-26(2,3)35-25(33)28-14-17-34-23-10-8-21(9-11-23)30-22-12-15-31(16-13-22)24(32)29-18-19-4-6-20(27)7-5-19/h4-11,22,30H,12-18H2,1-3H3,(H,28,33)(H,29,32). The van der Waals surface area contributed by atoms with Crippen molar-refractivity contribution in [3.63, 3.8) is 0 Å². The van der Waals surface area contributed by atoms with Gasteiger partial charge in [-0.1, -0.05) is 12.1 Å². The van der Waals surface area contributed by atoms with Crippen molar-refractivity contribution in [1.29, 1.82) is 0 Å². The molecular weight excluding hydrogens is 451 g/mol. The van der Waals surface area contributed by atoms with Gasteiger partial charge in [0.1, 0.15) is 23.8 Å². The van der Waals surface area contributed by atoms with Crippen LogP contribution in [0.5, 0.6) is 5.75 Å². The van der Waals surface area contributed by atoms with Gasteiger partial charge < -0.3 is 30.3 Å². The van der Waals surface area contributed by atoms with Gasteiger partial charge in [0.25, 0.3) is 0 Å². The molecule has 3 amide bonds. The van der Waals surface area contributed by atoms with Crippen LogP contribution >= 0.6 is 0 Å². The maximum Gasteiger partial charge on any atom is 0.407 e. The Kier molecular flexibility index (Phi) is 9.17. The molecule has 0 spiro atoms. The summed E-state index contributed by atoms with van der Waals surface area (Å²) in [7, 11) is 0. The number of alkyl carbamates (subject to hydrolysis) is 1. The van der Waals surface area contributed by atoms with Crippen LogP contribution in [0.3, 0.4) is 0 Å². The Balaban J connectivity index is 1.32. The van der Waals surface area contributed by atoms with E-state index in [-0.39, 0.29) is 17.9 Å². The van der Waals surface area contributed by atoms with Gasteiger partial charge in [-0.05, 0) is 75.6 Å². The molecule has 0 bridgehead atoms. The number of amides is 3. The quantitative estimate of drug-likeness (QED) is 0.478. The first-order valence-electron chi connectivity index (χ1n) is 11.9. The lowest BCUT2D eigenvalue weighted by Gasteiger charge is -2.33. The lowest BCUT2D eigenvalue weighted by molar-refractivity contribution is 0.0520. The number of benzene rings is 2. The van der Waals surface area contributed by atoms with Gasteiger partial charge in [0.05, 0.1) is 6.54 Å². The van der Waals surface area contributed by atoms with Crippen molar-refractivity contribution >= 4 is 17.8 Å². The predicted molar refractivity (Wildman–Crippen MR) is 133 cm³/mol. The highest BCUT2D eigenvalue weighted by Gasteiger charge is 2.22. The predicted octanol–water partition coefficient (Wildman–Crippen LogP) is 4.52. The number of piperidine rings is 1. The van der Waals surface area contributed by atoms with E-state index in [1.54, 1.807) is 12.1 Å². The van der Waals surface area contributed by atoms with Crippen LogP contribution in [0.1, 0.15) is 39.2 Å². The topological polar surface area (TPSA) is 91.9 Å². The van der Waals surface area contributed by atoms with Gasteiger partial charge in [-0.25, -0.2) is 14.0 Å². The number of carbonyl (C=O) groups is 2. The Labute approximate surface area is 206 Å². The molecule has 1 fully saturated rings. The van der Waals surface area contributed by atoms with Gasteiger partial charge in [0.2, 0.25) is 0 Å². The summed E-state index contributed by atoms with van der Waals surface area (Å²) < 4.78 is 23.8. The number of rotatable bonds is 8. The number of carbonyl (C=O) groups excluding carboxylic acids is 2. The van der Waals surface area contributed by atoms with Gasteiger partial charge in [0.15, 0.2) is 0 Å². The Hall–Kier alpha value is -3.49. The second kappa shape index (κ2) is 12.3. The van der Waals surface area contributed by atoms with Crippen LogP contribution in [0.4, 0.5) is 19.7 Å². The molecule has 0 aliphatic carbocycles. The van der Waals surface area contributed by atoms with Crippen molar-refractivity contribution in [2.75, 3.05) is 31.6 Å². The first-order valence-corrected chi connectivity index (χ1v) is 11.9. The zero-order valence-electron chi connectivity index (χ0n) is 20.6. The molecule has 2 aromatic carbocycles. The molecule has 9 heteroatoms. The summed E-state index contributed by atoms with van der Waals surface area (Å²) in [4.78, 5) is 25.9. The Morgan fingerprint density at radius 2 is 1.66 bits per heavy atom. The third-order valence-electron chi connectivity index (χ3n) is 5.40. The van der Waals surface area contributed by atoms with Crippen molar-refractivity contribution in [3.8, 4) is 5.75 Å². The Bertz CT molecular complexity index is 953. The van der Waals surface area contributed by atoms with Gasteiger partial charge in [0, 0.05) is 31.4 Å². The Morgan fingerprint density at radius 3 is 2.29 bits per heavy atom. The van der Waals surface area contributed by atoms with E-state index < -0.39 is 11.7 Å². The van der Waals surface area contributed by atoms with E-state index in [1.807, 2.05) is 49.9 Å². The maximum absolute atomic E-state index is 13.0. The normalized spacial score (nSPS) is 14.2. The monoisotopic (exact) mass is 486 g/mol. The molecule has 1 aliphatic rings. The summed E-state index contributed by atoms with van der Waals surface area (Å²) in [5.74, 6) is 0.429.